The van der Waals surface area contributed by atoms with E-state index in [0.717, 1.165) is 30.5 Å². The van der Waals surface area contributed by atoms with Crippen LogP contribution in [0.4, 0.5) is 5.69 Å². The molecule has 0 spiro atoms. The van der Waals surface area contributed by atoms with Crippen molar-refractivity contribution in [2.24, 2.45) is 0 Å². The fourth-order valence-electron chi connectivity index (χ4n) is 3.77. The van der Waals surface area contributed by atoms with Gasteiger partial charge in [0.1, 0.15) is 6.54 Å². The minimum absolute atomic E-state index is 0.0248. The molecule has 1 fully saturated rings. The second-order valence-electron chi connectivity index (χ2n) is 7.39. The second-order valence-corrected chi connectivity index (χ2v) is 7.39. The van der Waals surface area contributed by atoms with Crippen LogP contribution < -0.4 is 4.90 Å². The topological polar surface area (TPSA) is 84.0 Å². The molecule has 0 aliphatic carbocycles. The molecule has 0 aromatic heterocycles. The number of ether oxygens (including phenoxy) is 1. The molecule has 7 nitrogen and oxygen atoms in total. The zero-order valence-corrected chi connectivity index (χ0v) is 16.4. The van der Waals surface area contributed by atoms with Crippen molar-refractivity contribution in [3.63, 3.8) is 0 Å². The minimum atomic E-state index is -0.932. The summed E-state index contributed by atoms with van der Waals surface area (Å²) in [6.45, 7) is 4.10. The fraction of sp³-hybridized carbons (Fsp3) is 0.524. The summed E-state index contributed by atoms with van der Waals surface area (Å²) in [4.78, 5) is 51.7. The Hall–Kier alpha value is -2.70. The van der Waals surface area contributed by atoms with Crippen LogP contribution in [0.1, 0.15) is 55.5 Å². The number of ketones is 1. The Bertz CT molecular complexity index is 804. The van der Waals surface area contributed by atoms with Crippen LogP contribution in [0.5, 0.6) is 0 Å². The first-order chi connectivity index (χ1) is 13.4. The lowest BCUT2D eigenvalue weighted by molar-refractivity contribution is -0.151. The highest BCUT2D eigenvalue weighted by molar-refractivity contribution is 6.02. The summed E-state index contributed by atoms with van der Waals surface area (Å²) in [5.74, 6) is -0.926. The van der Waals surface area contributed by atoms with E-state index in [4.69, 9.17) is 4.74 Å². The molecule has 2 amide bonds. The summed E-state index contributed by atoms with van der Waals surface area (Å²) < 4.78 is 5.29. The molecule has 1 saturated heterocycles. The van der Waals surface area contributed by atoms with Crippen molar-refractivity contribution in [1.82, 2.24) is 4.90 Å². The number of amides is 2. The van der Waals surface area contributed by atoms with Crippen molar-refractivity contribution in [3.8, 4) is 0 Å². The average Bonchev–Trinajstić information content (AvgIpc) is 2.99. The number of nitrogens with zero attached hydrogens (tertiary/aromatic N) is 2. The molecule has 28 heavy (non-hydrogen) atoms. The number of hydrogen-bond donors (Lipinski definition) is 0. The average molecular weight is 386 g/mol. The van der Waals surface area contributed by atoms with E-state index in [0.29, 0.717) is 31.5 Å². The Morgan fingerprint density at radius 2 is 1.89 bits per heavy atom. The molecule has 150 valence electrons. The minimum Gasteiger partial charge on any atom is -0.453 e. The molecule has 0 saturated carbocycles. The van der Waals surface area contributed by atoms with E-state index in [2.05, 4.69) is 0 Å². The number of carbonyl (C=O) groups excluding carboxylic acids is 4. The first-order valence-corrected chi connectivity index (χ1v) is 9.79. The third-order valence-electron chi connectivity index (χ3n) is 5.31. The predicted molar refractivity (Wildman–Crippen MR) is 103 cm³/mol. The Labute approximate surface area is 164 Å². The van der Waals surface area contributed by atoms with E-state index in [1.807, 2.05) is 0 Å². The van der Waals surface area contributed by atoms with Gasteiger partial charge in [0.25, 0.3) is 0 Å². The fourth-order valence-corrected chi connectivity index (χ4v) is 3.77. The van der Waals surface area contributed by atoms with Crippen LogP contribution in [0.3, 0.4) is 0 Å². The highest BCUT2D eigenvalue weighted by atomic mass is 16.5. The number of Topliss-reactive ketones (excluding diaryl/α,β-unsaturated/α-hetero) is 1. The van der Waals surface area contributed by atoms with Crippen molar-refractivity contribution in [3.05, 3.63) is 29.3 Å². The standard InChI is InChI=1S/C21H26N2O5/c1-14(28-20(26)13-22-10-5-3-4-6-19(22)25)21(27)17-7-8-18-16(12-17)9-11-23(18)15(2)24/h7-8,12,14H,3-6,9-11,13H2,1-2H3. The normalized spacial score (nSPS) is 17.7. The molecule has 1 unspecified atom stereocenters. The number of benzene rings is 1. The van der Waals surface area contributed by atoms with Gasteiger partial charge in [-0.2, -0.15) is 0 Å². The summed E-state index contributed by atoms with van der Waals surface area (Å²) in [7, 11) is 0. The largest absolute Gasteiger partial charge is 0.453 e. The Balaban J connectivity index is 1.61. The van der Waals surface area contributed by atoms with Gasteiger partial charge in [-0.25, -0.2) is 0 Å². The summed E-state index contributed by atoms with van der Waals surface area (Å²) in [6, 6.07) is 5.19. The van der Waals surface area contributed by atoms with Crippen LogP contribution in [0.2, 0.25) is 0 Å². The van der Waals surface area contributed by atoms with Gasteiger partial charge in [-0.05, 0) is 49.9 Å². The van der Waals surface area contributed by atoms with Crippen LogP contribution in [-0.2, 0) is 25.5 Å². The number of fused-ring (bicyclic) bond motifs is 1. The van der Waals surface area contributed by atoms with Gasteiger partial charge in [0.2, 0.25) is 17.6 Å². The Kier molecular flexibility index (Phi) is 6.11. The van der Waals surface area contributed by atoms with Gasteiger partial charge in [0, 0.05) is 37.7 Å². The monoisotopic (exact) mass is 386 g/mol. The maximum Gasteiger partial charge on any atom is 0.326 e. The maximum atomic E-state index is 12.7. The van der Waals surface area contributed by atoms with Gasteiger partial charge in [-0.15, -0.1) is 0 Å². The highest BCUT2D eigenvalue weighted by Gasteiger charge is 2.26. The van der Waals surface area contributed by atoms with Gasteiger partial charge in [-0.3, -0.25) is 19.2 Å². The lowest BCUT2D eigenvalue weighted by atomic mass is 10.0. The number of esters is 1. The van der Waals surface area contributed by atoms with E-state index in [1.165, 1.54) is 11.8 Å². The number of rotatable bonds is 5. The molecule has 2 heterocycles. The van der Waals surface area contributed by atoms with Crippen molar-refractivity contribution >= 4 is 29.3 Å². The van der Waals surface area contributed by atoms with E-state index in [1.54, 1.807) is 30.0 Å². The quantitative estimate of drug-likeness (QED) is 0.572. The zero-order valence-electron chi connectivity index (χ0n) is 16.4. The van der Waals surface area contributed by atoms with Gasteiger partial charge < -0.3 is 14.5 Å². The van der Waals surface area contributed by atoms with Crippen LogP contribution in [0.25, 0.3) is 0 Å². The van der Waals surface area contributed by atoms with E-state index in [9.17, 15) is 19.2 Å². The first kappa shape index (κ1) is 20.0. The molecular weight excluding hydrogens is 360 g/mol. The lowest BCUT2D eigenvalue weighted by Gasteiger charge is -2.21. The first-order valence-electron chi connectivity index (χ1n) is 9.79. The molecule has 1 atom stereocenters. The van der Waals surface area contributed by atoms with Crippen molar-refractivity contribution in [2.75, 3.05) is 24.5 Å². The van der Waals surface area contributed by atoms with Gasteiger partial charge in [0.05, 0.1) is 0 Å². The summed E-state index contributed by atoms with van der Waals surface area (Å²) in [5.41, 5.74) is 2.22. The smallest absolute Gasteiger partial charge is 0.326 e. The Morgan fingerprint density at radius 1 is 1.11 bits per heavy atom. The predicted octanol–water partition coefficient (Wildman–Crippen LogP) is 2.11. The summed E-state index contributed by atoms with van der Waals surface area (Å²) in [5, 5.41) is 0. The number of carbonyl (C=O) groups is 4. The molecule has 0 N–H and O–H groups in total. The second kappa shape index (κ2) is 8.54. The molecule has 2 aliphatic heterocycles. The molecule has 3 rings (SSSR count). The maximum absolute atomic E-state index is 12.7. The highest BCUT2D eigenvalue weighted by Crippen LogP contribution is 2.29. The van der Waals surface area contributed by atoms with E-state index < -0.39 is 12.1 Å². The third kappa shape index (κ3) is 4.40. The lowest BCUT2D eigenvalue weighted by Crippen LogP contribution is -2.37. The van der Waals surface area contributed by atoms with Gasteiger partial charge >= 0.3 is 5.97 Å². The van der Waals surface area contributed by atoms with Gasteiger partial charge in [-0.1, -0.05) is 6.42 Å². The zero-order chi connectivity index (χ0) is 20.3. The van der Waals surface area contributed by atoms with Crippen molar-refractivity contribution in [2.45, 2.75) is 52.1 Å². The van der Waals surface area contributed by atoms with Crippen LogP contribution in [0.15, 0.2) is 18.2 Å². The number of hydrogen-bond acceptors (Lipinski definition) is 5. The van der Waals surface area contributed by atoms with Crippen molar-refractivity contribution < 1.29 is 23.9 Å². The molecule has 2 aliphatic rings. The van der Waals surface area contributed by atoms with E-state index in [-0.39, 0.29) is 24.1 Å². The summed E-state index contributed by atoms with van der Waals surface area (Å²) in [6.07, 6.45) is 2.91. The van der Waals surface area contributed by atoms with Crippen LogP contribution >= 0.6 is 0 Å². The van der Waals surface area contributed by atoms with E-state index >= 15 is 0 Å². The molecular formula is C21H26N2O5. The molecule has 7 heteroatoms. The molecule has 1 aromatic rings. The SMILES string of the molecule is CC(=O)N1CCc2cc(C(=O)C(C)OC(=O)CN3CCCCCC3=O)ccc21. The molecule has 1 aromatic carbocycles. The Morgan fingerprint density at radius 3 is 2.64 bits per heavy atom. The third-order valence-corrected chi connectivity index (χ3v) is 5.31. The summed E-state index contributed by atoms with van der Waals surface area (Å²) >= 11 is 0. The van der Waals surface area contributed by atoms with Crippen molar-refractivity contribution in [1.29, 1.82) is 0 Å². The number of anilines is 1. The van der Waals surface area contributed by atoms with Crippen LogP contribution in [0, 0.1) is 0 Å². The molecule has 0 radical (unpaired) electrons. The van der Waals surface area contributed by atoms with Crippen LogP contribution in [-0.4, -0.2) is 54.2 Å². The number of likely N-dealkylation sites (tertiary alicyclic amines) is 1. The molecule has 0 bridgehead atoms. The van der Waals surface area contributed by atoms with Gasteiger partial charge in [0.15, 0.2) is 6.10 Å².